The third kappa shape index (κ3) is 2.94. The molecule has 2 aliphatic rings. The smallest absolute Gasteiger partial charge is 0.310 e. The van der Waals surface area contributed by atoms with Crippen molar-refractivity contribution >= 4 is 5.97 Å². The molecule has 0 N–H and O–H groups in total. The van der Waals surface area contributed by atoms with Crippen molar-refractivity contribution in [3.63, 3.8) is 0 Å². The van der Waals surface area contributed by atoms with Gasteiger partial charge in [-0.1, -0.05) is 50.6 Å². The average Bonchev–Trinajstić information content (AvgIpc) is 2.53. The van der Waals surface area contributed by atoms with Gasteiger partial charge in [-0.15, -0.1) is 0 Å². The van der Waals surface area contributed by atoms with Crippen molar-refractivity contribution in [3.05, 3.63) is 41.5 Å². The van der Waals surface area contributed by atoms with Crippen molar-refractivity contribution in [2.24, 2.45) is 23.7 Å². The molecule has 3 nitrogen and oxygen atoms in total. The summed E-state index contributed by atoms with van der Waals surface area (Å²) in [5, 5.41) is 0. The fraction of sp³-hybridized carbons (Fsp3) is 0.550. The lowest BCUT2D eigenvalue weighted by atomic mass is 9.64. The number of carbonyl (C=O) groups is 1. The lowest BCUT2D eigenvalue weighted by Crippen LogP contribution is -2.42. The highest BCUT2D eigenvalue weighted by atomic mass is 16.5. The van der Waals surface area contributed by atoms with E-state index in [1.807, 2.05) is 31.2 Å². The zero-order chi connectivity index (χ0) is 16.6. The Morgan fingerprint density at radius 1 is 1.30 bits per heavy atom. The van der Waals surface area contributed by atoms with E-state index in [1.54, 1.807) is 0 Å². The summed E-state index contributed by atoms with van der Waals surface area (Å²) in [5.41, 5.74) is 2.38. The SMILES string of the molecule is CCC(=O)Oc1ccccc1[C@H]1OC[C@@H]2[C@H](C)[C@H]1C(C)=C[C@@H]2C. The summed E-state index contributed by atoms with van der Waals surface area (Å²) in [4.78, 5) is 11.7. The molecule has 0 spiro atoms. The molecule has 3 heteroatoms. The molecule has 0 saturated carbocycles. The molecule has 1 aliphatic carbocycles. The second kappa shape index (κ2) is 6.48. The molecule has 1 heterocycles. The van der Waals surface area contributed by atoms with E-state index in [0.717, 1.165) is 12.2 Å². The topological polar surface area (TPSA) is 35.5 Å². The number of esters is 1. The number of para-hydroxylation sites is 1. The van der Waals surface area contributed by atoms with E-state index in [2.05, 4.69) is 26.8 Å². The van der Waals surface area contributed by atoms with Gasteiger partial charge in [0.25, 0.3) is 0 Å². The second-order valence-electron chi connectivity index (χ2n) is 6.94. The van der Waals surface area contributed by atoms with Gasteiger partial charge in [0.15, 0.2) is 0 Å². The van der Waals surface area contributed by atoms with Crippen LogP contribution in [0.25, 0.3) is 0 Å². The number of benzene rings is 1. The molecule has 1 saturated heterocycles. The van der Waals surface area contributed by atoms with Gasteiger partial charge in [-0.3, -0.25) is 4.79 Å². The highest BCUT2D eigenvalue weighted by Gasteiger charge is 2.44. The van der Waals surface area contributed by atoms with Crippen LogP contribution in [0, 0.1) is 23.7 Å². The lowest BCUT2D eigenvalue weighted by Gasteiger charge is -2.47. The zero-order valence-electron chi connectivity index (χ0n) is 14.4. The van der Waals surface area contributed by atoms with E-state index in [0.29, 0.717) is 35.8 Å². The van der Waals surface area contributed by atoms with Gasteiger partial charge < -0.3 is 9.47 Å². The Hall–Kier alpha value is -1.61. The van der Waals surface area contributed by atoms with Crippen LogP contribution in [0.1, 0.15) is 45.8 Å². The van der Waals surface area contributed by atoms with Crippen molar-refractivity contribution < 1.29 is 14.3 Å². The maximum absolute atomic E-state index is 11.7. The lowest BCUT2D eigenvalue weighted by molar-refractivity contribution is -0.134. The summed E-state index contributed by atoms with van der Waals surface area (Å²) in [6.45, 7) is 9.39. The summed E-state index contributed by atoms with van der Waals surface area (Å²) >= 11 is 0. The fourth-order valence-electron chi connectivity index (χ4n) is 4.23. The average molecular weight is 314 g/mol. The number of hydrogen-bond acceptors (Lipinski definition) is 3. The summed E-state index contributed by atoms with van der Waals surface area (Å²) in [7, 11) is 0. The molecule has 124 valence electrons. The molecule has 23 heavy (non-hydrogen) atoms. The number of fused-ring (bicyclic) bond motifs is 2. The van der Waals surface area contributed by atoms with Crippen LogP contribution >= 0.6 is 0 Å². The van der Waals surface area contributed by atoms with E-state index >= 15 is 0 Å². The standard InChI is InChI=1S/C20H26O3/c1-5-18(21)23-17-9-7-6-8-15(17)20-19-13(3)10-12(2)16(11-22-20)14(19)4/h6-10,12,14,16,19-20H,5,11H2,1-4H3/t12-,14-,16-,19+,20+/m0/s1. The van der Waals surface area contributed by atoms with Gasteiger partial charge in [-0.25, -0.2) is 0 Å². The van der Waals surface area contributed by atoms with Crippen molar-refractivity contribution in [2.75, 3.05) is 6.61 Å². The van der Waals surface area contributed by atoms with E-state index < -0.39 is 0 Å². The number of allylic oxidation sites excluding steroid dienone is 1. The number of carbonyl (C=O) groups excluding carboxylic acids is 1. The van der Waals surface area contributed by atoms with Gasteiger partial charge >= 0.3 is 5.97 Å². The predicted molar refractivity (Wildman–Crippen MR) is 90.1 cm³/mol. The molecule has 3 rings (SSSR count). The molecular formula is C20H26O3. The van der Waals surface area contributed by atoms with Crippen LogP contribution in [0.5, 0.6) is 5.75 Å². The van der Waals surface area contributed by atoms with Crippen molar-refractivity contribution in [3.8, 4) is 5.75 Å². The van der Waals surface area contributed by atoms with E-state index in [-0.39, 0.29) is 12.1 Å². The minimum absolute atomic E-state index is 0.0362. The third-order valence-corrected chi connectivity index (χ3v) is 5.50. The van der Waals surface area contributed by atoms with Crippen LogP contribution in [0.3, 0.4) is 0 Å². The van der Waals surface area contributed by atoms with E-state index in [1.165, 1.54) is 5.57 Å². The molecule has 0 aromatic heterocycles. The van der Waals surface area contributed by atoms with Crippen LogP contribution in [-0.2, 0) is 9.53 Å². The minimum Gasteiger partial charge on any atom is -0.426 e. The molecule has 0 amide bonds. The quantitative estimate of drug-likeness (QED) is 0.467. The first kappa shape index (κ1) is 16.3. The molecule has 1 aromatic rings. The highest BCUT2D eigenvalue weighted by Crippen LogP contribution is 2.50. The predicted octanol–water partition coefficient (Wildman–Crippen LogP) is 4.54. The fourth-order valence-corrected chi connectivity index (χ4v) is 4.23. The van der Waals surface area contributed by atoms with Gasteiger partial charge in [-0.05, 0) is 30.7 Å². The summed E-state index contributed by atoms with van der Waals surface area (Å²) in [5.74, 6) is 2.50. The minimum atomic E-state index is -0.205. The first-order valence-corrected chi connectivity index (χ1v) is 8.62. The molecule has 0 unspecified atom stereocenters. The number of hydrogen-bond donors (Lipinski definition) is 0. The first-order chi connectivity index (χ1) is 11.0. The van der Waals surface area contributed by atoms with Gasteiger partial charge in [-0.2, -0.15) is 0 Å². The zero-order valence-corrected chi connectivity index (χ0v) is 14.4. The first-order valence-electron chi connectivity index (χ1n) is 8.62. The van der Waals surface area contributed by atoms with Crippen LogP contribution < -0.4 is 4.74 Å². The summed E-state index contributed by atoms with van der Waals surface area (Å²) in [6.07, 6.45) is 2.73. The number of rotatable bonds is 3. The van der Waals surface area contributed by atoms with Gasteiger partial charge in [0, 0.05) is 17.9 Å². The Labute approximate surface area is 138 Å². The highest BCUT2D eigenvalue weighted by molar-refractivity contribution is 5.72. The van der Waals surface area contributed by atoms with Crippen molar-refractivity contribution in [1.82, 2.24) is 0 Å². The van der Waals surface area contributed by atoms with Gasteiger partial charge in [0.05, 0.1) is 12.7 Å². The molecular weight excluding hydrogens is 288 g/mol. The maximum atomic E-state index is 11.7. The van der Waals surface area contributed by atoms with Crippen LogP contribution in [-0.4, -0.2) is 12.6 Å². The van der Waals surface area contributed by atoms with Gasteiger partial charge in [0.2, 0.25) is 0 Å². The number of ether oxygens (including phenoxy) is 2. The molecule has 0 radical (unpaired) electrons. The molecule has 2 bridgehead atoms. The molecule has 1 fully saturated rings. The maximum Gasteiger partial charge on any atom is 0.310 e. The summed E-state index contributed by atoms with van der Waals surface area (Å²) in [6, 6.07) is 7.79. The Bertz CT molecular complexity index is 619. The Balaban J connectivity index is 1.96. The van der Waals surface area contributed by atoms with Gasteiger partial charge in [0.1, 0.15) is 5.75 Å². The second-order valence-corrected chi connectivity index (χ2v) is 6.94. The van der Waals surface area contributed by atoms with Crippen LogP contribution in [0.2, 0.25) is 0 Å². The third-order valence-electron chi connectivity index (χ3n) is 5.50. The Morgan fingerprint density at radius 2 is 2.04 bits per heavy atom. The largest absolute Gasteiger partial charge is 0.426 e. The molecule has 1 aliphatic heterocycles. The monoisotopic (exact) mass is 314 g/mol. The normalized spacial score (nSPS) is 33.0. The molecule has 1 aromatic carbocycles. The van der Waals surface area contributed by atoms with E-state index in [4.69, 9.17) is 9.47 Å². The van der Waals surface area contributed by atoms with Crippen molar-refractivity contribution in [2.45, 2.75) is 40.2 Å². The van der Waals surface area contributed by atoms with Crippen LogP contribution in [0.15, 0.2) is 35.9 Å². The Kier molecular flexibility index (Phi) is 4.58. The van der Waals surface area contributed by atoms with E-state index in [9.17, 15) is 4.79 Å². The molecule has 5 atom stereocenters. The van der Waals surface area contributed by atoms with Crippen molar-refractivity contribution in [1.29, 1.82) is 0 Å². The van der Waals surface area contributed by atoms with Crippen LogP contribution in [0.4, 0.5) is 0 Å². The summed E-state index contributed by atoms with van der Waals surface area (Å²) < 4.78 is 11.8. The Morgan fingerprint density at radius 3 is 2.78 bits per heavy atom.